The van der Waals surface area contributed by atoms with Gasteiger partial charge in [-0.3, -0.25) is 4.79 Å². The maximum atomic E-state index is 13.3. The molecule has 4 nitrogen and oxygen atoms in total. The minimum Gasteiger partial charge on any atom is -0.456 e. The SMILES string of the molecule is Cc1cc(C(=O)NCC(O)c2ccc(Cl)c(F)c2)oc1C. The predicted molar refractivity (Wildman–Crippen MR) is 76.9 cm³/mol. The molecule has 0 saturated heterocycles. The van der Waals surface area contributed by atoms with E-state index in [-0.39, 0.29) is 17.3 Å². The highest BCUT2D eigenvalue weighted by atomic mass is 35.5. The van der Waals surface area contributed by atoms with E-state index >= 15 is 0 Å². The fourth-order valence-corrected chi connectivity index (χ4v) is 1.92. The summed E-state index contributed by atoms with van der Waals surface area (Å²) >= 11 is 5.57. The number of hydrogen-bond acceptors (Lipinski definition) is 3. The zero-order valence-electron chi connectivity index (χ0n) is 11.6. The molecule has 2 rings (SSSR count). The van der Waals surface area contributed by atoms with Crippen molar-refractivity contribution in [1.82, 2.24) is 5.32 Å². The Morgan fingerprint density at radius 2 is 2.14 bits per heavy atom. The lowest BCUT2D eigenvalue weighted by atomic mass is 10.1. The van der Waals surface area contributed by atoms with Crippen molar-refractivity contribution in [2.45, 2.75) is 20.0 Å². The molecule has 0 aliphatic heterocycles. The monoisotopic (exact) mass is 311 g/mol. The molecule has 1 aromatic carbocycles. The highest BCUT2D eigenvalue weighted by Gasteiger charge is 2.15. The molecule has 0 saturated carbocycles. The van der Waals surface area contributed by atoms with Crippen LogP contribution in [0.1, 0.15) is 33.5 Å². The van der Waals surface area contributed by atoms with E-state index in [0.717, 1.165) is 11.6 Å². The molecule has 1 heterocycles. The van der Waals surface area contributed by atoms with Crippen LogP contribution in [-0.4, -0.2) is 17.6 Å². The van der Waals surface area contributed by atoms with Crippen LogP contribution in [0.3, 0.4) is 0 Å². The highest BCUT2D eigenvalue weighted by molar-refractivity contribution is 6.30. The minimum absolute atomic E-state index is 0.0171. The molecule has 1 atom stereocenters. The Kier molecular flexibility index (Phi) is 4.65. The zero-order valence-corrected chi connectivity index (χ0v) is 12.4. The van der Waals surface area contributed by atoms with Crippen molar-refractivity contribution < 1.29 is 18.7 Å². The van der Waals surface area contributed by atoms with Crippen molar-refractivity contribution in [3.63, 3.8) is 0 Å². The minimum atomic E-state index is -1.03. The lowest BCUT2D eigenvalue weighted by Gasteiger charge is -2.12. The lowest BCUT2D eigenvalue weighted by Crippen LogP contribution is -2.28. The molecule has 0 spiro atoms. The van der Waals surface area contributed by atoms with Crippen molar-refractivity contribution in [2.75, 3.05) is 6.54 Å². The third kappa shape index (κ3) is 3.62. The Hall–Kier alpha value is -1.85. The van der Waals surface area contributed by atoms with E-state index < -0.39 is 17.8 Å². The number of carbonyl (C=O) groups is 1. The van der Waals surface area contributed by atoms with Crippen molar-refractivity contribution in [3.8, 4) is 0 Å². The number of benzene rings is 1. The Labute approximate surface area is 126 Å². The van der Waals surface area contributed by atoms with Crippen molar-refractivity contribution in [3.05, 3.63) is 57.8 Å². The third-order valence-corrected chi connectivity index (χ3v) is 3.48. The standard InChI is InChI=1S/C15H15ClFNO3/c1-8-5-14(21-9(8)2)15(20)18-7-13(19)10-3-4-11(16)12(17)6-10/h3-6,13,19H,7H2,1-2H3,(H,18,20). The summed E-state index contributed by atoms with van der Waals surface area (Å²) in [6.07, 6.45) is -1.03. The maximum absolute atomic E-state index is 13.3. The van der Waals surface area contributed by atoms with Gasteiger partial charge in [0, 0.05) is 6.54 Å². The molecule has 0 radical (unpaired) electrons. The van der Waals surface area contributed by atoms with Gasteiger partial charge in [-0.15, -0.1) is 0 Å². The molecule has 1 amide bonds. The Morgan fingerprint density at radius 3 is 2.71 bits per heavy atom. The third-order valence-electron chi connectivity index (χ3n) is 3.17. The van der Waals surface area contributed by atoms with Gasteiger partial charge in [-0.05, 0) is 43.2 Å². The van der Waals surface area contributed by atoms with E-state index in [1.165, 1.54) is 12.1 Å². The smallest absolute Gasteiger partial charge is 0.287 e. The lowest BCUT2D eigenvalue weighted by molar-refractivity contribution is 0.0887. The molecule has 0 aliphatic rings. The van der Waals surface area contributed by atoms with Gasteiger partial charge in [-0.1, -0.05) is 17.7 Å². The van der Waals surface area contributed by atoms with Gasteiger partial charge in [0.25, 0.3) is 5.91 Å². The van der Waals surface area contributed by atoms with E-state index in [2.05, 4.69) is 5.32 Å². The fourth-order valence-electron chi connectivity index (χ4n) is 1.80. The normalized spacial score (nSPS) is 12.2. The Morgan fingerprint density at radius 1 is 1.43 bits per heavy atom. The van der Waals surface area contributed by atoms with E-state index in [0.29, 0.717) is 11.3 Å². The number of rotatable bonds is 4. The number of aliphatic hydroxyl groups is 1. The summed E-state index contributed by atoms with van der Waals surface area (Å²) in [5.41, 5.74) is 1.21. The van der Waals surface area contributed by atoms with Gasteiger partial charge in [-0.25, -0.2) is 4.39 Å². The van der Waals surface area contributed by atoms with Crippen LogP contribution in [0.25, 0.3) is 0 Å². The summed E-state index contributed by atoms with van der Waals surface area (Å²) in [7, 11) is 0. The summed E-state index contributed by atoms with van der Waals surface area (Å²) in [6, 6.07) is 5.62. The number of aryl methyl sites for hydroxylation is 2. The summed E-state index contributed by atoms with van der Waals surface area (Å²) < 4.78 is 18.6. The molecule has 2 N–H and O–H groups in total. The van der Waals surface area contributed by atoms with Crippen LogP contribution in [0.5, 0.6) is 0 Å². The van der Waals surface area contributed by atoms with Crippen molar-refractivity contribution >= 4 is 17.5 Å². The van der Waals surface area contributed by atoms with E-state index in [1.54, 1.807) is 13.0 Å². The van der Waals surface area contributed by atoms with E-state index in [1.807, 2.05) is 6.92 Å². The zero-order chi connectivity index (χ0) is 15.6. The fraction of sp³-hybridized carbons (Fsp3) is 0.267. The first-order valence-corrected chi connectivity index (χ1v) is 6.74. The van der Waals surface area contributed by atoms with E-state index in [4.69, 9.17) is 16.0 Å². The number of furan rings is 1. The second-order valence-electron chi connectivity index (χ2n) is 4.75. The van der Waals surface area contributed by atoms with Gasteiger partial charge in [-0.2, -0.15) is 0 Å². The largest absolute Gasteiger partial charge is 0.456 e. The second kappa shape index (κ2) is 6.28. The van der Waals surface area contributed by atoms with Crippen LogP contribution < -0.4 is 5.32 Å². The highest BCUT2D eigenvalue weighted by Crippen LogP contribution is 2.20. The summed E-state index contributed by atoms with van der Waals surface area (Å²) in [6.45, 7) is 3.54. The molecule has 1 unspecified atom stereocenters. The van der Waals surface area contributed by atoms with Gasteiger partial charge in [0.05, 0.1) is 11.1 Å². The van der Waals surface area contributed by atoms with Gasteiger partial charge in [0.15, 0.2) is 5.76 Å². The van der Waals surface area contributed by atoms with Crippen LogP contribution in [0.2, 0.25) is 5.02 Å². The van der Waals surface area contributed by atoms with E-state index in [9.17, 15) is 14.3 Å². The molecule has 21 heavy (non-hydrogen) atoms. The van der Waals surface area contributed by atoms with Crippen LogP contribution >= 0.6 is 11.6 Å². The molecule has 2 aromatic rings. The summed E-state index contributed by atoms with van der Waals surface area (Å²) in [5, 5.41) is 12.5. The molecular formula is C15H15ClFNO3. The molecular weight excluding hydrogens is 297 g/mol. The molecule has 0 aliphatic carbocycles. The first kappa shape index (κ1) is 15.5. The quantitative estimate of drug-likeness (QED) is 0.911. The van der Waals surface area contributed by atoms with Crippen molar-refractivity contribution in [1.29, 1.82) is 0 Å². The first-order chi connectivity index (χ1) is 9.88. The number of carbonyl (C=O) groups excluding carboxylic acids is 1. The van der Waals surface area contributed by atoms with Gasteiger partial charge < -0.3 is 14.8 Å². The molecule has 6 heteroatoms. The van der Waals surface area contributed by atoms with Gasteiger partial charge in [0.2, 0.25) is 0 Å². The average Bonchev–Trinajstić information content (AvgIpc) is 2.78. The number of hydrogen-bond donors (Lipinski definition) is 2. The van der Waals surface area contributed by atoms with Gasteiger partial charge >= 0.3 is 0 Å². The number of nitrogens with one attached hydrogen (secondary N) is 1. The van der Waals surface area contributed by atoms with Crippen LogP contribution in [0, 0.1) is 19.7 Å². The van der Waals surface area contributed by atoms with Gasteiger partial charge in [0.1, 0.15) is 11.6 Å². The molecule has 0 bridgehead atoms. The molecule has 112 valence electrons. The first-order valence-electron chi connectivity index (χ1n) is 6.36. The Balaban J connectivity index is 1.98. The Bertz CT molecular complexity index is 649. The summed E-state index contributed by atoms with van der Waals surface area (Å²) in [4.78, 5) is 11.9. The maximum Gasteiger partial charge on any atom is 0.287 e. The molecule has 0 fully saturated rings. The van der Waals surface area contributed by atoms with Crippen LogP contribution in [-0.2, 0) is 0 Å². The average molecular weight is 312 g/mol. The second-order valence-corrected chi connectivity index (χ2v) is 5.16. The van der Waals surface area contributed by atoms with Crippen LogP contribution in [0.4, 0.5) is 4.39 Å². The predicted octanol–water partition coefficient (Wildman–Crippen LogP) is 3.15. The van der Waals surface area contributed by atoms with Crippen molar-refractivity contribution in [2.24, 2.45) is 0 Å². The molecule has 1 aromatic heterocycles. The summed E-state index contributed by atoms with van der Waals surface area (Å²) in [5.74, 6) is -0.198. The number of halogens is 2. The number of amides is 1. The number of aliphatic hydroxyl groups excluding tert-OH is 1. The van der Waals surface area contributed by atoms with Crippen LogP contribution in [0.15, 0.2) is 28.7 Å². The topological polar surface area (TPSA) is 62.5 Å².